The van der Waals surface area contributed by atoms with Crippen LogP contribution in [-0.2, 0) is 9.59 Å². The highest BCUT2D eigenvalue weighted by molar-refractivity contribution is 6.04. The molecule has 1 aromatic carbocycles. The average molecular weight is 256 g/mol. The number of para-hydroxylation sites is 1. The second kappa shape index (κ2) is 4.35. The van der Waals surface area contributed by atoms with Crippen LogP contribution in [0.1, 0.15) is 34.7 Å². The van der Waals surface area contributed by atoms with E-state index >= 15 is 0 Å². The number of H-pyrrole nitrogens is 1. The van der Waals surface area contributed by atoms with E-state index in [0.717, 1.165) is 22.8 Å². The molecule has 0 radical (unpaired) electrons. The number of carbonyl (C=O) groups is 3. The molecule has 96 valence electrons. The zero-order chi connectivity index (χ0) is 13.4. The Balaban J connectivity index is 2.09. The lowest BCUT2D eigenvalue weighted by Gasteiger charge is -2.20. The van der Waals surface area contributed by atoms with Crippen molar-refractivity contribution in [2.45, 2.75) is 18.8 Å². The van der Waals surface area contributed by atoms with Crippen LogP contribution in [0.5, 0.6) is 0 Å². The minimum absolute atomic E-state index is 0.227. The van der Waals surface area contributed by atoms with Gasteiger partial charge in [0, 0.05) is 23.6 Å². The van der Waals surface area contributed by atoms with Crippen molar-refractivity contribution in [1.29, 1.82) is 0 Å². The lowest BCUT2D eigenvalue weighted by atomic mass is 9.90. The topological polar surface area (TPSA) is 79.0 Å². The van der Waals surface area contributed by atoms with E-state index in [1.807, 2.05) is 6.07 Å². The van der Waals surface area contributed by atoms with Gasteiger partial charge in [-0.05, 0) is 18.1 Å². The lowest BCUT2D eigenvalue weighted by molar-refractivity contribution is -0.134. The summed E-state index contributed by atoms with van der Waals surface area (Å²) in [6.07, 6.45) is 3.38. The Kier molecular flexibility index (Phi) is 2.67. The van der Waals surface area contributed by atoms with E-state index < -0.39 is 0 Å². The molecule has 0 aliphatic carbocycles. The van der Waals surface area contributed by atoms with Crippen LogP contribution < -0.4 is 5.32 Å². The number of piperidine rings is 1. The summed E-state index contributed by atoms with van der Waals surface area (Å²) >= 11 is 0. The molecule has 2 heterocycles. The van der Waals surface area contributed by atoms with Crippen molar-refractivity contribution in [3.05, 3.63) is 35.5 Å². The Hall–Kier alpha value is -2.43. The van der Waals surface area contributed by atoms with Gasteiger partial charge in [0.15, 0.2) is 6.29 Å². The minimum Gasteiger partial charge on any atom is -0.360 e. The molecular formula is C14H12N2O3. The van der Waals surface area contributed by atoms with Gasteiger partial charge in [-0.1, -0.05) is 12.1 Å². The summed E-state index contributed by atoms with van der Waals surface area (Å²) in [6, 6.07) is 5.38. The molecule has 19 heavy (non-hydrogen) atoms. The van der Waals surface area contributed by atoms with Gasteiger partial charge < -0.3 is 4.98 Å². The number of nitrogens with one attached hydrogen (secondary N) is 2. The third-order valence-electron chi connectivity index (χ3n) is 3.52. The van der Waals surface area contributed by atoms with Crippen LogP contribution in [0.3, 0.4) is 0 Å². The minimum atomic E-state index is -0.339. The third-order valence-corrected chi connectivity index (χ3v) is 3.52. The monoisotopic (exact) mass is 256 g/mol. The fourth-order valence-corrected chi connectivity index (χ4v) is 2.58. The van der Waals surface area contributed by atoms with Crippen LogP contribution >= 0.6 is 0 Å². The first-order chi connectivity index (χ1) is 9.20. The molecule has 1 unspecified atom stereocenters. The van der Waals surface area contributed by atoms with Gasteiger partial charge in [-0.15, -0.1) is 0 Å². The van der Waals surface area contributed by atoms with E-state index in [9.17, 15) is 14.4 Å². The fourth-order valence-electron chi connectivity index (χ4n) is 2.58. The quantitative estimate of drug-likeness (QED) is 0.631. The van der Waals surface area contributed by atoms with Gasteiger partial charge in [-0.2, -0.15) is 0 Å². The highest BCUT2D eigenvalue weighted by Crippen LogP contribution is 2.31. The maximum atomic E-state index is 11.9. The van der Waals surface area contributed by atoms with Crippen LogP contribution in [0.2, 0.25) is 0 Å². The summed E-state index contributed by atoms with van der Waals surface area (Å²) in [5, 5.41) is 3.21. The first-order valence-corrected chi connectivity index (χ1v) is 6.09. The molecule has 2 aromatic rings. The Morgan fingerprint density at radius 1 is 1.26 bits per heavy atom. The zero-order valence-corrected chi connectivity index (χ0v) is 10.1. The summed E-state index contributed by atoms with van der Waals surface area (Å²) in [5.74, 6) is -0.836. The molecule has 0 spiro atoms. The summed E-state index contributed by atoms with van der Waals surface area (Å²) < 4.78 is 0. The van der Waals surface area contributed by atoms with Crippen molar-refractivity contribution >= 4 is 29.0 Å². The number of hydrogen-bond acceptors (Lipinski definition) is 3. The number of aldehydes is 1. The highest BCUT2D eigenvalue weighted by atomic mass is 16.2. The molecule has 2 amide bonds. The van der Waals surface area contributed by atoms with E-state index in [-0.39, 0.29) is 17.7 Å². The maximum absolute atomic E-state index is 11.9. The standard InChI is InChI=1S/C14H12N2O3/c17-7-8-2-1-3-9-11(6-15-13(8)9)10-4-5-12(18)16-14(10)19/h1-3,6-7,10,15H,4-5H2,(H,16,18,19). The molecule has 1 aliphatic rings. The largest absolute Gasteiger partial charge is 0.360 e. The van der Waals surface area contributed by atoms with Crippen LogP contribution in [0.25, 0.3) is 10.9 Å². The number of aromatic nitrogens is 1. The first-order valence-electron chi connectivity index (χ1n) is 6.09. The molecule has 1 aliphatic heterocycles. The molecule has 2 N–H and O–H groups in total. The van der Waals surface area contributed by atoms with E-state index in [2.05, 4.69) is 10.3 Å². The van der Waals surface area contributed by atoms with Crippen molar-refractivity contribution in [2.24, 2.45) is 0 Å². The number of rotatable bonds is 2. The third kappa shape index (κ3) is 1.83. The molecule has 3 rings (SSSR count). The summed E-state index contributed by atoms with van der Waals surface area (Å²) in [6.45, 7) is 0. The molecule has 5 nitrogen and oxygen atoms in total. The van der Waals surface area contributed by atoms with Crippen molar-refractivity contribution < 1.29 is 14.4 Å². The van der Waals surface area contributed by atoms with E-state index in [1.54, 1.807) is 18.3 Å². The number of carbonyl (C=O) groups excluding carboxylic acids is 3. The molecule has 1 saturated heterocycles. The first kappa shape index (κ1) is 11.6. The molecule has 1 aromatic heterocycles. The van der Waals surface area contributed by atoms with Gasteiger partial charge in [-0.25, -0.2) is 0 Å². The number of amides is 2. The van der Waals surface area contributed by atoms with Gasteiger partial charge >= 0.3 is 0 Å². The van der Waals surface area contributed by atoms with E-state index in [1.165, 1.54) is 0 Å². The van der Waals surface area contributed by atoms with Gasteiger partial charge in [-0.3, -0.25) is 19.7 Å². The summed E-state index contributed by atoms with van der Waals surface area (Å²) in [4.78, 5) is 37.1. The predicted molar refractivity (Wildman–Crippen MR) is 68.8 cm³/mol. The smallest absolute Gasteiger partial charge is 0.234 e. The van der Waals surface area contributed by atoms with Gasteiger partial charge in [0.1, 0.15) is 0 Å². The molecule has 0 bridgehead atoms. The lowest BCUT2D eigenvalue weighted by Crippen LogP contribution is -2.39. The van der Waals surface area contributed by atoms with Crippen molar-refractivity contribution in [1.82, 2.24) is 10.3 Å². The van der Waals surface area contributed by atoms with Crippen molar-refractivity contribution in [3.63, 3.8) is 0 Å². The number of imide groups is 1. The van der Waals surface area contributed by atoms with Crippen LogP contribution in [0.15, 0.2) is 24.4 Å². The van der Waals surface area contributed by atoms with E-state index in [0.29, 0.717) is 18.4 Å². The van der Waals surface area contributed by atoms with Crippen LogP contribution in [-0.4, -0.2) is 23.1 Å². The number of hydrogen-bond donors (Lipinski definition) is 2. The Labute approximate surface area is 109 Å². The van der Waals surface area contributed by atoms with Crippen molar-refractivity contribution in [3.8, 4) is 0 Å². The molecule has 5 heteroatoms. The Morgan fingerprint density at radius 2 is 2.11 bits per heavy atom. The zero-order valence-electron chi connectivity index (χ0n) is 10.1. The molecule has 1 fully saturated rings. The van der Waals surface area contributed by atoms with Gasteiger partial charge in [0.2, 0.25) is 11.8 Å². The Bertz CT molecular complexity index is 687. The average Bonchev–Trinajstić information content (AvgIpc) is 2.82. The normalized spacial score (nSPS) is 19.5. The molecule has 1 atom stereocenters. The SMILES string of the molecule is O=Cc1cccc2c(C3CCC(=O)NC3=O)c[nH]c12. The van der Waals surface area contributed by atoms with Crippen LogP contribution in [0, 0.1) is 0 Å². The molecule has 0 saturated carbocycles. The number of benzene rings is 1. The van der Waals surface area contributed by atoms with Gasteiger partial charge in [0.05, 0.1) is 11.4 Å². The molecular weight excluding hydrogens is 244 g/mol. The second-order valence-corrected chi connectivity index (χ2v) is 4.64. The number of fused-ring (bicyclic) bond motifs is 1. The predicted octanol–water partition coefficient (Wildman–Crippen LogP) is 1.50. The number of aromatic amines is 1. The summed E-state index contributed by atoms with van der Waals surface area (Å²) in [5.41, 5.74) is 2.14. The van der Waals surface area contributed by atoms with E-state index in [4.69, 9.17) is 0 Å². The maximum Gasteiger partial charge on any atom is 0.234 e. The summed E-state index contributed by atoms with van der Waals surface area (Å²) in [7, 11) is 0. The van der Waals surface area contributed by atoms with Crippen molar-refractivity contribution in [2.75, 3.05) is 0 Å². The second-order valence-electron chi connectivity index (χ2n) is 4.64. The highest BCUT2D eigenvalue weighted by Gasteiger charge is 2.29. The Morgan fingerprint density at radius 3 is 2.84 bits per heavy atom. The van der Waals surface area contributed by atoms with Crippen LogP contribution in [0.4, 0.5) is 0 Å². The van der Waals surface area contributed by atoms with Gasteiger partial charge in [0.25, 0.3) is 0 Å². The fraction of sp³-hybridized carbons (Fsp3) is 0.214.